The molecule has 1 aliphatic carbocycles. The molecule has 0 saturated heterocycles. The highest BCUT2D eigenvalue weighted by Crippen LogP contribution is 2.41. The lowest BCUT2D eigenvalue weighted by Gasteiger charge is -2.04. The van der Waals surface area contributed by atoms with Gasteiger partial charge in [-0.1, -0.05) is 11.6 Å². The number of furan rings is 1. The van der Waals surface area contributed by atoms with Gasteiger partial charge in [0.2, 0.25) is 0 Å². The van der Waals surface area contributed by atoms with Gasteiger partial charge in [0.25, 0.3) is 0 Å². The summed E-state index contributed by atoms with van der Waals surface area (Å²) < 4.78 is 5.83. The summed E-state index contributed by atoms with van der Waals surface area (Å²) in [7, 11) is 0. The normalized spacial score (nSPS) is 17.9. The van der Waals surface area contributed by atoms with Gasteiger partial charge < -0.3 is 10.2 Å². The zero-order chi connectivity index (χ0) is 11.3. The summed E-state index contributed by atoms with van der Waals surface area (Å²) in [6.45, 7) is 2.00. The molecule has 0 bridgehead atoms. The topological polar surface area (TPSA) is 39.2 Å². The summed E-state index contributed by atoms with van der Waals surface area (Å²) in [6.07, 6.45) is 2.44. The molecule has 3 rings (SSSR count). The Morgan fingerprint density at radius 3 is 2.81 bits per heavy atom. The first kappa shape index (κ1) is 10.2. The van der Waals surface area contributed by atoms with Crippen LogP contribution in [0.2, 0.25) is 5.02 Å². The minimum Gasteiger partial charge on any atom is -0.459 e. The maximum Gasteiger partial charge on any atom is 0.137 e. The van der Waals surface area contributed by atoms with Crippen LogP contribution in [0.15, 0.2) is 22.6 Å². The van der Waals surface area contributed by atoms with Crippen molar-refractivity contribution in [3.05, 3.63) is 34.5 Å². The van der Waals surface area contributed by atoms with Crippen molar-refractivity contribution in [2.45, 2.75) is 25.8 Å². The smallest absolute Gasteiger partial charge is 0.137 e. The molecule has 1 unspecified atom stereocenters. The van der Waals surface area contributed by atoms with Gasteiger partial charge >= 0.3 is 0 Å². The van der Waals surface area contributed by atoms with Crippen molar-refractivity contribution < 1.29 is 4.42 Å². The predicted octanol–water partition coefficient (Wildman–Crippen LogP) is 3.80. The summed E-state index contributed by atoms with van der Waals surface area (Å²) in [4.78, 5) is 0. The maximum absolute atomic E-state index is 6.13. The number of rotatable bonds is 2. The predicted molar refractivity (Wildman–Crippen MR) is 65.6 cm³/mol. The van der Waals surface area contributed by atoms with E-state index in [0.29, 0.717) is 5.92 Å². The maximum atomic E-state index is 6.13. The quantitative estimate of drug-likeness (QED) is 0.860. The molecular weight excluding hydrogens is 222 g/mol. The second-order valence-corrected chi connectivity index (χ2v) is 5.09. The number of aryl methyl sites for hydroxylation is 1. The monoisotopic (exact) mass is 235 g/mol. The molecule has 1 heterocycles. The summed E-state index contributed by atoms with van der Waals surface area (Å²) in [5.74, 6) is 1.50. The van der Waals surface area contributed by atoms with Crippen LogP contribution in [0.4, 0.5) is 0 Å². The highest BCUT2D eigenvalue weighted by molar-refractivity contribution is 6.31. The zero-order valence-corrected chi connectivity index (χ0v) is 9.92. The lowest BCUT2D eigenvalue weighted by Crippen LogP contribution is -2.10. The lowest BCUT2D eigenvalue weighted by atomic mass is 10.1. The molecule has 2 aromatic rings. The molecule has 2 N–H and O–H groups in total. The van der Waals surface area contributed by atoms with Crippen LogP contribution in [0.25, 0.3) is 11.0 Å². The third kappa shape index (κ3) is 1.62. The first-order valence-corrected chi connectivity index (χ1v) is 5.98. The van der Waals surface area contributed by atoms with Crippen molar-refractivity contribution in [2.75, 3.05) is 0 Å². The van der Waals surface area contributed by atoms with E-state index in [1.807, 2.05) is 25.1 Å². The van der Waals surface area contributed by atoms with E-state index >= 15 is 0 Å². The molecule has 2 nitrogen and oxygen atoms in total. The van der Waals surface area contributed by atoms with Gasteiger partial charge in [-0.05, 0) is 49.4 Å². The Kier molecular flexibility index (Phi) is 2.23. The Balaban J connectivity index is 2.11. The summed E-state index contributed by atoms with van der Waals surface area (Å²) in [6, 6.07) is 5.92. The van der Waals surface area contributed by atoms with Crippen LogP contribution in [-0.2, 0) is 0 Å². The average Bonchev–Trinajstić information content (AvgIpc) is 2.97. The molecule has 0 amide bonds. The van der Waals surface area contributed by atoms with Crippen molar-refractivity contribution in [1.82, 2.24) is 0 Å². The molecular formula is C13H14ClNO. The highest BCUT2D eigenvalue weighted by atomic mass is 35.5. The fraction of sp³-hybridized carbons (Fsp3) is 0.385. The number of halogens is 1. The van der Waals surface area contributed by atoms with E-state index in [-0.39, 0.29) is 6.04 Å². The van der Waals surface area contributed by atoms with E-state index in [1.54, 1.807) is 0 Å². The van der Waals surface area contributed by atoms with Gasteiger partial charge in [0.1, 0.15) is 11.3 Å². The second kappa shape index (κ2) is 3.51. The number of benzene rings is 1. The highest BCUT2D eigenvalue weighted by Gasteiger charge is 2.31. The summed E-state index contributed by atoms with van der Waals surface area (Å²) in [5.41, 5.74) is 8.10. The standard InChI is InChI=1S/C13H14ClNO/c1-7-4-10(14)5-9-6-11(16-13(7)9)12(15)8-2-3-8/h4-6,8,12H,2-3,15H2,1H3. The van der Waals surface area contributed by atoms with Crippen LogP contribution in [-0.4, -0.2) is 0 Å². The fourth-order valence-corrected chi connectivity index (χ4v) is 2.44. The number of hydrogen-bond acceptors (Lipinski definition) is 2. The van der Waals surface area contributed by atoms with E-state index in [9.17, 15) is 0 Å². The molecule has 1 atom stereocenters. The van der Waals surface area contributed by atoms with Gasteiger partial charge in [-0.2, -0.15) is 0 Å². The SMILES string of the molecule is Cc1cc(Cl)cc2cc(C(N)C3CC3)oc12. The van der Waals surface area contributed by atoms with Crippen molar-refractivity contribution in [2.24, 2.45) is 11.7 Å². The molecule has 0 spiro atoms. The van der Waals surface area contributed by atoms with Crippen molar-refractivity contribution in [3.63, 3.8) is 0 Å². The van der Waals surface area contributed by atoms with Crippen LogP contribution in [0.3, 0.4) is 0 Å². The van der Waals surface area contributed by atoms with Gasteiger partial charge in [-0.3, -0.25) is 0 Å². The van der Waals surface area contributed by atoms with Crippen LogP contribution < -0.4 is 5.73 Å². The van der Waals surface area contributed by atoms with E-state index in [2.05, 4.69) is 0 Å². The van der Waals surface area contributed by atoms with Gasteiger partial charge in [0.15, 0.2) is 0 Å². The summed E-state index contributed by atoms with van der Waals surface area (Å²) in [5, 5.41) is 1.80. The van der Waals surface area contributed by atoms with E-state index < -0.39 is 0 Å². The third-order valence-corrected chi connectivity index (χ3v) is 3.46. The minimum absolute atomic E-state index is 0.0468. The van der Waals surface area contributed by atoms with Crippen LogP contribution in [0, 0.1) is 12.8 Å². The first-order valence-electron chi connectivity index (χ1n) is 5.60. The summed E-state index contributed by atoms with van der Waals surface area (Å²) >= 11 is 6.01. The third-order valence-electron chi connectivity index (χ3n) is 3.24. The van der Waals surface area contributed by atoms with E-state index in [0.717, 1.165) is 27.3 Å². The lowest BCUT2D eigenvalue weighted by molar-refractivity contribution is 0.466. The Morgan fingerprint density at radius 2 is 2.12 bits per heavy atom. The van der Waals surface area contributed by atoms with Crippen molar-refractivity contribution in [3.8, 4) is 0 Å². The molecule has 16 heavy (non-hydrogen) atoms. The Labute approximate surface area is 99.4 Å². The van der Waals surface area contributed by atoms with Crippen molar-refractivity contribution >= 4 is 22.6 Å². The largest absolute Gasteiger partial charge is 0.459 e. The van der Waals surface area contributed by atoms with Gasteiger partial charge in [0.05, 0.1) is 6.04 Å². The molecule has 1 aliphatic rings. The van der Waals surface area contributed by atoms with E-state index in [4.69, 9.17) is 21.8 Å². The number of fused-ring (bicyclic) bond motifs is 1. The molecule has 0 aliphatic heterocycles. The second-order valence-electron chi connectivity index (χ2n) is 4.65. The van der Waals surface area contributed by atoms with Crippen LogP contribution >= 0.6 is 11.6 Å². The van der Waals surface area contributed by atoms with Crippen LogP contribution in [0.5, 0.6) is 0 Å². The molecule has 1 aromatic heterocycles. The Hall–Kier alpha value is -0.990. The van der Waals surface area contributed by atoms with E-state index in [1.165, 1.54) is 12.8 Å². The first-order chi connectivity index (χ1) is 7.65. The zero-order valence-electron chi connectivity index (χ0n) is 9.16. The number of nitrogens with two attached hydrogens (primary N) is 1. The molecule has 1 fully saturated rings. The Bertz CT molecular complexity index is 542. The molecule has 1 aromatic carbocycles. The van der Waals surface area contributed by atoms with Gasteiger partial charge in [-0.15, -0.1) is 0 Å². The molecule has 1 saturated carbocycles. The van der Waals surface area contributed by atoms with Crippen molar-refractivity contribution in [1.29, 1.82) is 0 Å². The fourth-order valence-electron chi connectivity index (χ4n) is 2.15. The van der Waals surface area contributed by atoms with Gasteiger partial charge in [0, 0.05) is 10.4 Å². The van der Waals surface area contributed by atoms with Crippen LogP contribution in [0.1, 0.15) is 30.2 Å². The average molecular weight is 236 g/mol. The minimum atomic E-state index is 0.0468. The molecule has 84 valence electrons. The number of hydrogen-bond donors (Lipinski definition) is 1. The van der Waals surface area contributed by atoms with Gasteiger partial charge in [-0.25, -0.2) is 0 Å². The molecule has 0 radical (unpaired) electrons. The Morgan fingerprint density at radius 1 is 1.38 bits per heavy atom. The molecule has 3 heteroatoms.